The minimum absolute atomic E-state index is 0.999. The molecule has 0 saturated heterocycles. The molecule has 1 aliphatic rings. The summed E-state index contributed by atoms with van der Waals surface area (Å²) >= 11 is 0. The van der Waals surface area contributed by atoms with Gasteiger partial charge in [-0.2, -0.15) is 0 Å². The monoisotopic (exact) mass is 360 g/mol. The van der Waals surface area contributed by atoms with E-state index in [0.29, 0.717) is 0 Å². The Morgan fingerprint density at radius 3 is 1.54 bits per heavy atom. The summed E-state index contributed by atoms with van der Waals surface area (Å²) in [5.41, 5.74) is 11.5. The van der Waals surface area contributed by atoms with Crippen LogP contribution in [0.3, 0.4) is 0 Å². The summed E-state index contributed by atoms with van der Waals surface area (Å²) in [5, 5.41) is 0. The predicted molar refractivity (Wildman–Crippen MR) is 117 cm³/mol. The Hall–Kier alpha value is -3.12. The number of rotatable bonds is 4. The molecule has 0 amide bonds. The van der Waals surface area contributed by atoms with Gasteiger partial charge in [-0.15, -0.1) is 0 Å². The molecule has 4 aromatic rings. The molecule has 0 nitrogen and oxygen atoms in total. The SMILES string of the molecule is c1ccc(Cc2ccc(Cc3ccc4c(c3)Cc3ccccc3C4)cc2)cc1. The fraction of sp³-hybridized carbons (Fsp3) is 0.143. The van der Waals surface area contributed by atoms with E-state index in [1.54, 1.807) is 0 Å². The van der Waals surface area contributed by atoms with E-state index in [-0.39, 0.29) is 0 Å². The van der Waals surface area contributed by atoms with Crippen LogP contribution in [-0.2, 0) is 25.7 Å². The molecule has 0 fully saturated rings. The van der Waals surface area contributed by atoms with E-state index >= 15 is 0 Å². The van der Waals surface area contributed by atoms with Gasteiger partial charge in [-0.25, -0.2) is 0 Å². The highest BCUT2D eigenvalue weighted by atomic mass is 14.2. The highest BCUT2D eigenvalue weighted by Crippen LogP contribution is 2.28. The highest BCUT2D eigenvalue weighted by molar-refractivity contribution is 5.47. The van der Waals surface area contributed by atoms with E-state index in [1.807, 2.05) is 0 Å². The fourth-order valence-electron chi connectivity index (χ4n) is 4.28. The summed E-state index contributed by atoms with van der Waals surface area (Å²) in [4.78, 5) is 0. The minimum Gasteiger partial charge on any atom is -0.0622 e. The van der Waals surface area contributed by atoms with Crippen molar-refractivity contribution < 1.29 is 0 Å². The third kappa shape index (κ3) is 3.64. The summed E-state index contributed by atoms with van der Waals surface area (Å²) < 4.78 is 0. The summed E-state index contributed by atoms with van der Waals surface area (Å²) in [5.74, 6) is 0. The van der Waals surface area contributed by atoms with Gasteiger partial charge in [0.05, 0.1) is 0 Å². The van der Waals surface area contributed by atoms with E-state index in [1.165, 1.54) is 44.5 Å². The van der Waals surface area contributed by atoms with Crippen LogP contribution in [0.1, 0.15) is 44.5 Å². The lowest BCUT2D eigenvalue weighted by Crippen LogP contribution is -2.07. The molecule has 4 aromatic carbocycles. The predicted octanol–water partition coefficient (Wildman–Crippen LogP) is 6.36. The van der Waals surface area contributed by atoms with Gasteiger partial charge in [0.25, 0.3) is 0 Å². The zero-order valence-electron chi connectivity index (χ0n) is 16.1. The Bertz CT molecular complexity index is 1090. The molecule has 0 heterocycles. The molecule has 0 heteroatoms. The maximum atomic E-state index is 2.42. The van der Waals surface area contributed by atoms with Gasteiger partial charge < -0.3 is 0 Å². The first-order chi connectivity index (χ1) is 13.8. The fourth-order valence-corrected chi connectivity index (χ4v) is 4.28. The van der Waals surface area contributed by atoms with Gasteiger partial charge in [-0.1, -0.05) is 97.1 Å². The Morgan fingerprint density at radius 2 is 0.857 bits per heavy atom. The van der Waals surface area contributed by atoms with Crippen molar-refractivity contribution in [2.75, 3.05) is 0 Å². The molecular weight excluding hydrogens is 336 g/mol. The van der Waals surface area contributed by atoms with Gasteiger partial charge in [0, 0.05) is 0 Å². The first-order valence-electron chi connectivity index (χ1n) is 10.1. The lowest BCUT2D eigenvalue weighted by Gasteiger charge is -2.20. The van der Waals surface area contributed by atoms with Crippen LogP contribution in [-0.4, -0.2) is 0 Å². The molecule has 5 rings (SSSR count). The maximum absolute atomic E-state index is 2.42. The second-order valence-electron chi connectivity index (χ2n) is 7.88. The van der Waals surface area contributed by atoms with Crippen molar-refractivity contribution in [1.29, 1.82) is 0 Å². The molecule has 0 aromatic heterocycles. The zero-order chi connectivity index (χ0) is 18.8. The molecule has 136 valence electrons. The van der Waals surface area contributed by atoms with Crippen LogP contribution in [0.5, 0.6) is 0 Å². The van der Waals surface area contributed by atoms with Crippen LogP contribution in [0.25, 0.3) is 0 Å². The Labute approximate surface area is 167 Å². The van der Waals surface area contributed by atoms with Crippen molar-refractivity contribution >= 4 is 0 Å². The Morgan fingerprint density at radius 1 is 0.393 bits per heavy atom. The molecule has 0 aliphatic heterocycles. The molecule has 0 radical (unpaired) electrons. The van der Waals surface area contributed by atoms with Gasteiger partial charge >= 0.3 is 0 Å². The van der Waals surface area contributed by atoms with E-state index in [4.69, 9.17) is 0 Å². The molecule has 0 N–H and O–H groups in total. The smallest absolute Gasteiger partial charge is 0.00200 e. The van der Waals surface area contributed by atoms with E-state index in [9.17, 15) is 0 Å². The van der Waals surface area contributed by atoms with Crippen molar-refractivity contribution in [3.63, 3.8) is 0 Å². The third-order valence-electron chi connectivity index (χ3n) is 5.83. The molecular formula is C28H24. The molecule has 0 bridgehead atoms. The molecule has 1 aliphatic carbocycles. The lowest BCUT2D eigenvalue weighted by atomic mass is 9.85. The second-order valence-corrected chi connectivity index (χ2v) is 7.88. The first kappa shape index (κ1) is 17.0. The normalized spacial score (nSPS) is 12.3. The van der Waals surface area contributed by atoms with Crippen LogP contribution < -0.4 is 0 Å². The number of hydrogen-bond donors (Lipinski definition) is 0. The second kappa shape index (κ2) is 7.48. The minimum atomic E-state index is 0.999. The average molecular weight is 361 g/mol. The van der Waals surface area contributed by atoms with E-state index < -0.39 is 0 Å². The van der Waals surface area contributed by atoms with Crippen molar-refractivity contribution in [1.82, 2.24) is 0 Å². The highest BCUT2D eigenvalue weighted by Gasteiger charge is 2.15. The summed E-state index contributed by atoms with van der Waals surface area (Å²) in [6, 6.07) is 35.7. The summed E-state index contributed by atoms with van der Waals surface area (Å²) in [6.07, 6.45) is 4.13. The van der Waals surface area contributed by atoms with Gasteiger partial charge in [0.15, 0.2) is 0 Å². The van der Waals surface area contributed by atoms with Gasteiger partial charge in [-0.3, -0.25) is 0 Å². The molecule has 0 atom stereocenters. The van der Waals surface area contributed by atoms with Crippen LogP contribution in [0.4, 0.5) is 0 Å². The summed E-state index contributed by atoms with van der Waals surface area (Å²) in [7, 11) is 0. The summed E-state index contributed by atoms with van der Waals surface area (Å²) in [6.45, 7) is 0. The standard InChI is InChI=1S/C28H24/c1-2-6-21(7-3-1)16-22-10-12-23(13-11-22)17-24-14-15-27-19-25-8-4-5-9-26(25)20-28(27)18-24/h1-15,18H,16-17,19-20H2. The van der Waals surface area contributed by atoms with Crippen LogP contribution in [0.15, 0.2) is 97.1 Å². The molecule has 0 saturated carbocycles. The van der Waals surface area contributed by atoms with Crippen molar-refractivity contribution in [2.45, 2.75) is 25.7 Å². The Balaban J connectivity index is 1.30. The number of hydrogen-bond acceptors (Lipinski definition) is 0. The van der Waals surface area contributed by atoms with Crippen LogP contribution >= 0.6 is 0 Å². The van der Waals surface area contributed by atoms with Crippen molar-refractivity contribution in [3.05, 3.63) is 142 Å². The number of fused-ring (bicyclic) bond motifs is 2. The number of benzene rings is 4. The lowest BCUT2D eigenvalue weighted by molar-refractivity contribution is 0.990. The topological polar surface area (TPSA) is 0 Å². The van der Waals surface area contributed by atoms with Crippen LogP contribution in [0.2, 0.25) is 0 Å². The largest absolute Gasteiger partial charge is 0.0622 e. The maximum Gasteiger partial charge on any atom is -0.00200 e. The van der Waals surface area contributed by atoms with Gasteiger partial charge in [0.1, 0.15) is 0 Å². The molecule has 0 spiro atoms. The quantitative estimate of drug-likeness (QED) is 0.350. The van der Waals surface area contributed by atoms with Crippen molar-refractivity contribution in [2.24, 2.45) is 0 Å². The Kier molecular flexibility index (Phi) is 4.54. The third-order valence-corrected chi connectivity index (χ3v) is 5.83. The average Bonchev–Trinajstić information content (AvgIpc) is 2.74. The molecule has 28 heavy (non-hydrogen) atoms. The zero-order valence-corrected chi connectivity index (χ0v) is 16.1. The molecule has 0 unspecified atom stereocenters. The van der Waals surface area contributed by atoms with Gasteiger partial charge in [0.2, 0.25) is 0 Å². The first-order valence-corrected chi connectivity index (χ1v) is 10.1. The van der Waals surface area contributed by atoms with Crippen LogP contribution in [0, 0.1) is 0 Å². The van der Waals surface area contributed by atoms with Gasteiger partial charge in [-0.05, 0) is 70.2 Å². The van der Waals surface area contributed by atoms with E-state index in [0.717, 1.165) is 25.7 Å². The van der Waals surface area contributed by atoms with Crippen molar-refractivity contribution in [3.8, 4) is 0 Å². The van der Waals surface area contributed by atoms with E-state index in [2.05, 4.69) is 97.1 Å².